The molecule has 1 heterocycles. The largest absolute Gasteiger partial charge is 0.412 e. The van der Waals surface area contributed by atoms with Crippen LogP contribution < -0.4 is 4.90 Å². The lowest BCUT2D eigenvalue weighted by atomic mass is 10.1. The lowest BCUT2D eigenvalue weighted by Gasteiger charge is -2.29. The highest BCUT2D eigenvalue weighted by Crippen LogP contribution is 2.32. The molecule has 0 aliphatic carbocycles. The Hall–Kier alpha value is -1.48. The number of benzene rings is 1. The van der Waals surface area contributed by atoms with Crippen LogP contribution in [0.2, 0.25) is 0 Å². The highest BCUT2D eigenvalue weighted by Gasteiger charge is 2.34. The van der Waals surface area contributed by atoms with Crippen molar-refractivity contribution in [2.45, 2.75) is 12.6 Å². The molecule has 1 aromatic rings. The van der Waals surface area contributed by atoms with Crippen LogP contribution in [0.5, 0.6) is 0 Å². The molecule has 0 N–H and O–H groups in total. The summed E-state index contributed by atoms with van der Waals surface area (Å²) in [6.07, 6.45) is -3.11. The van der Waals surface area contributed by atoms with Gasteiger partial charge in [-0.25, -0.2) is 0 Å². The van der Waals surface area contributed by atoms with Crippen molar-refractivity contribution < 1.29 is 13.2 Å². The Morgan fingerprint density at radius 1 is 1.32 bits per heavy atom. The van der Waals surface area contributed by atoms with Crippen LogP contribution in [0.4, 0.5) is 18.9 Å². The Bertz CT molecular complexity index is 558. The fraction of sp³-hybridized carbons (Fsp3) is 0.308. The summed E-state index contributed by atoms with van der Waals surface area (Å²) in [6, 6.07) is 7.25. The fourth-order valence-electron chi connectivity index (χ4n) is 2.02. The van der Waals surface area contributed by atoms with E-state index in [1.807, 2.05) is 0 Å². The molecule has 0 saturated carbocycles. The minimum absolute atomic E-state index is 0.0512. The van der Waals surface area contributed by atoms with E-state index in [-0.39, 0.29) is 19.5 Å². The number of hydrogen-bond donors (Lipinski definition) is 0. The molecule has 0 radical (unpaired) electrons. The van der Waals surface area contributed by atoms with Crippen molar-refractivity contribution in [2.24, 2.45) is 0 Å². The van der Waals surface area contributed by atoms with Crippen LogP contribution >= 0.6 is 15.9 Å². The van der Waals surface area contributed by atoms with Gasteiger partial charge in [-0.1, -0.05) is 22.0 Å². The van der Waals surface area contributed by atoms with E-state index in [9.17, 15) is 13.2 Å². The highest BCUT2D eigenvalue weighted by molar-refractivity contribution is 9.10. The molecule has 0 atom stereocenters. The quantitative estimate of drug-likeness (QED) is 0.727. The molecule has 0 saturated heterocycles. The topological polar surface area (TPSA) is 27.0 Å². The minimum atomic E-state index is -4.25. The molecule has 0 bridgehead atoms. The third kappa shape index (κ3) is 3.10. The maximum atomic E-state index is 12.5. The van der Waals surface area contributed by atoms with E-state index in [0.717, 1.165) is 4.47 Å². The van der Waals surface area contributed by atoms with Gasteiger partial charge in [0.1, 0.15) is 6.07 Å². The van der Waals surface area contributed by atoms with E-state index in [0.29, 0.717) is 11.3 Å². The number of halogens is 4. The van der Waals surface area contributed by atoms with Gasteiger partial charge in [0.25, 0.3) is 0 Å². The van der Waals surface area contributed by atoms with E-state index >= 15 is 0 Å². The Morgan fingerprint density at radius 2 is 2.05 bits per heavy atom. The van der Waals surface area contributed by atoms with Gasteiger partial charge in [0.05, 0.1) is 11.3 Å². The molecular formula is C13H10BrF3N2. The molecular weight excluding hydrogens is 321 g/mol. The van der Waals surface area contributed by atoms with Crippen molar-refractivity contribution in [1.82, 2.24) is 0 Å². The Balaban J connectivity index is 2.23. The van der Waals surface area contributed by atoms with Crippen LogP contribution in [0, 0.1) is 11.3 Å². The maximum Gasteiger partial charge on any atom is 0.412 e. The number of nitrogens with zero attached hydrogens (tertiary/aromatic N) is 2. The van der Waals surface area contributed by atoms with E-state index in [4.69, 9.17) is 5.26 Å². The molecule has 0 spiro atoms. The fourth-order valence-corrected chi connectivity index (χ4v) is 2.38. The molecule has 1 aliphatic rings. The zero-order valence-corrected chi connectivity index (χ0v) is 11.4. The second-order valence-electron chi connectivity index (χ2n) is 4.20. The number of anilines is 1. The highest BCUT2D eigenvalue weighted by atomic mass is 79.9. The summed E-state index contributed by atoms with van der Waals surface area (Å²) in [5.41, 5.74) is 0.640. The average molecular weight is 331 g/mol. The van der Waals surface area contributed by atoms with Gasteiger partial charge in [0.15, 0.2) is 0 Å². The summed E-state index contributed by atoms with van der Waals surface area (Å²) in [5.74, 6) is 0. The number of hydrogen-bond acceptors (Lipinski definition) is 2. The number of alkyl halides is 3. The summed E-state index contributed by atoms with van der Waals surface area (Å²) < 4.78 is 38.3. The summed E-state index contributed by atoms with van der Waals surface area (Å²) in [5, 5.41) is 9.06. The van der Waals surface area contributed by atoms with E-state index in [1.54, 1.807) is 23.1 Å². The Kier molecular flexibility index (Phi) is 3.85. The normalized spacial score (nSPS) is 15.9. The van der Waals surface area contributed by atoms with Gasteiger partial charge in [-0.2, -0.15) is 18.4 Å². The minimum Gasteiger partial charge on any atom is -0.366 e. The van der Waals surface area contributed by atoms with Crippen LogP contribution in [-0.4, -0.2) is 19.3 Å². The molecule has 100 valence electrons. The van der Waals surface area contributed by atoms with Gasteiger partial charge >= 0.3 is 6.18 Å². The van der Waals surface area contributed by atoms with Crippen LogP contribution in [-0.2, 0) is 0 Å². The Labute approximate surface area is 117 Å². The third-order valence-corrected chi connectivity index (χ3v) is 3.49. The number of nitriles is 1. The lowest BCUT2D eigenvalue weighted by Crippen LogP contribution is -2.32. The molecule has 1 aliphatic heterocycles. The predicted octanol–water partition coefficient (Wildman–Crippen LogP) is 4.02. The van der Waals surface area contributed by atoms with Gasteiger partial charge in [-0.05, 0) is 24.6 Å². The van der Waals surface area contributed by atoms with Gasteiger partial charge in [0, 0.05) is 23.1 Å². The van der Waals surface area contributed by atoms with Crippen molar-refractivity contribution in [1.29, 1.82) is 5.26 Å². The summed E-state index contributed by atoms with van der Waals surface area (Å²) >= 11 is 3.27. The zero-order chi connectivity index (χ0) is 14.0. The lowest BCUT2D eigenvalue weighted by molar-refractivity contribution is -0.0943. The molecule has 0 amide bonds. The molecule has 2 rings (SSSR count). The second-order valence-corrected chi connectivity index (χ2v) is 5.11. The van der Waals surface area contributed by atoms with E-state index < -0.39 is 11.7 Å². The third-order valence-electron chi connectivity index (χ3n) is 2.99. The Morgan fingerprint density at radius 3 is 2.58 bits per heavy atom. The van der Waals surface area contributed by atoms with Gasteiger partial charge in [0.2, 0.25) is 0 Å². The summed E-state index contributed by atoms with van der Waals surface area (Å²) in [6.45, 7) is 0.437. The molecule has 1 aromatic carbocycles. The standard InChI is InChI=1S/C13H10BrF3N2/c14-11-1-2-12(9(7-11)8-18)19-5-3-10(4-6-19)13(15,16)17/h1-3,7H,4-6H2. The van der Waals surface area contributed by atoms with Crippen LogP contribution in [0.15, 0.2) is 34.3 Å². The molecule has 0 aromatic heterocycles. The molecule has 0 unspecified atom stereocenters. The maximum absolute atomic E-state index is 12.5. The van der Waals surface area contributed by atoms with Gasteiger partial charge in [-0.3, -0.25) is 0 Å². The van der Waals surface area contributed by atoms with Crippen LogP contribution in [0.25, 0.3) is 0 Å². The van der Waals surface area contributed by atoms with Crippen molar-refractivity contribution in [3.8, 4) is 6.07 Å². The van der Waals surface area contributed by atoms with E-state index in [1.165, 1.54) is 6.08 Å². The first-order valence-corrected chi connectivity index (χ1v) is 6.42. The number of rotatable bonds is 1. The SMILES string of the molecule is N#Cc1cc(Br)ccc1N1CC=C(C(F)(F)F)CC1. The van der Waals surface area contributed by atoms with Gasteiger partial charge in [-0.15, -0.1) is 0 Å². The van der Waals surface area contributed by atoms with Crippen molar-refractivity contribution in [2.75, 3.05) is 18.0 Å². The first-order valence-electron chi connectivity index (χ1n) is 5.62. The first kappa shape index (κ1) is 13.9. The van der Waals surface area contributed by atoms with Crippen molar-refractivity contribution in [3.63, 3.8) is 0 Å². The second kappa shape index (κ2) is 5.25. The van der Waals surface area contributed by atoms with Crippen molar-refractivity contribution in [3.05, 3.63) is 39.9 Å². The van der Waals surface area contributed by atoms with Crippen molar-refractivity contribution >= 4 is 21.6 Å². The van der Waals surface area contributed by atoms with E-state index in [2.05, 4.69) is 22.0 Å². The molecule has 6 heteroatoms. The predicted molar refractivity (Wildman–Crippen MR) is 69.8 cm³/mol. The monoisotopic (exact) mass is 330 g/mol. The van der Waals surface area contributed by atoms with Crippen LogP contribution in [0.3, 0.4) is 0 Å². The summed E-state index contributed by atoms with van der Waals surface area (Å²) in [7, 11) is 0. The summed E-state index contributed by atoms with van der Waals surface area (Å²) in [4.78, 5) is 1.78. The average Bonchev–Trinajstić information content (AvgIpc) is 2.37. The van der Waals surface area contributed by atoms with Crippen LogP contribution in [0.1, 0.15) is 12.0 Å². The van der Waals surface area contributed by atoms with Gasteiger partial charge < -0.3 is 4.90 Å². The smallest absolute Gasteiger partial charge is 0.366 e. The first-order chi connectivity index (χ1) is 8.91. The zero-order valence-electron chi connectivity index (χ0n) is 9.84. The molecule has 0 fully saturated rings. The molecule has 19 heavy (non-hydrogen) atoms. The molecule has 2 nitrogen and oxygen atoms in total.